The van der Waals surface area contributed by atoms with Crippen molar-refractivity contribution in [2.24, 2.45) is 0 Å². The van der Waals surface area contributed by atoms with Crippen LogP contribution in [0.4, 0.5) is 18.9 Å². The maximum absolute atomic E-state index is 13.0. The zero-order valence-electron chi connectivity index (χ0n) is 17.7. The number of hydrogen-bond acceptors (Lipinski definition) is 4. The second kappa shape index (κ2) is 9.27. The lowest BCUT2D eigenvalue weighted by molar-refractivity contribution is -0.176. The summed E-state index contributed by atoms with van der Waals surface area (Å²) >= 11 is 6.52. The number of anilines is 1. The fraction of sp³-hybridized carbons (Fsp3) is 0.636. The Morgan fingerprint density at radius 3 is 2.71 bits per heavy atom. The molecule has 3 rings (SSSR count). The van der Waals surface area contributed by atoms with Gasteiger partial charge in [0.15, 0.2) is 0 Å². The summed E-state index contributed by atoms with van der Waals surface area (Å²) in [6.45, 7) is 2.78. The molecule has 1 aromatic rings. The largest absolute Gasteiger partial charge is 0.471 e. The molecular weight excluding hydrogens is 433 g/mol. The molecule has 0 radical (unpaired) electrons. The number of nitrogens with zero attached hydrogens (tertiary/aromatic N) is 1. The highest BCUT2D eigenvalue weighted by Crippen LogP contribution is 2.54. The molecule has 172 valence electrons. The molecule has 2 aliphatic heterocycles. The Labute approximate surface area is 185 Å². The van der Waals surface area contributed by atoms with E-state index in [-0.39, 0.29) is 17.8 Å². The van der Waals surface area contributed by atoms with E-state index in [9.17, 15) is 22.8 Å². The predicted molar refractivity (Wildman–Crippen MR) is 112 cm³/mol. The van der Waals surface area contributed by atoms with E-state index in [2.05, 4.69) is 4.90 Å². The minimum absolute atomic E-state index is 0.0171. The van der Waals surface area contributed by atoms with Gasteiger partial charge in [0, 0.05) is 29.1 Å². The molecule has 1 N–H and O–H groups in total. The van der Waals surface area contributed by atoms with Crippen molar-refractivity contribution in [3.63, 3.8) is 0 Å². The molecule has 5 nitrogen and oxygen atoms in total. The average molecular weight is 461 g/mol. The van der Waals surface area contributed by atoms with Crippen LogP contribution >= 0.6 is 11.6 Å². The molecule has 4 atom stereocenters. The third-order valence-corrected chi connectivity index (χ3v) is 6.92. The zero-order valence-corrected chi connectivity index (χ0v) is 18.4. The molecule has 31 heavy (non-hydrogen) atoms. The molecule has 1 saturated heterocycles. The Kier molecular flexibility index (Phi) is 7.08. The van der Waals surface area contributed by atoms with Gasteiger partial charge < -0.3 is 15.0 Å². The first-order valence-electron chi connectivity index (χ1n) is 10.6. The van der Waals surface area contributed by atoms with Crippen molar-refractivity contribution < 1.29 is 27.5 Å². The number of ether oxygens (including phenoxy) is 1. The lowest BCUT2D eigenvalue weighted by atomic mass is 9.67. The fourth-order valence-corrected chi connectivity index (χ4v) is 5.41. The van der Waals surface area contributed by atoms with Crippen LogP contribution in [0.3, 0.4) is 0 Å². The van der Waals surface area contributed by atoms with Crippen molar-refractivity contribution in [2.75, 3.05) is 18.6 Å². The topological polar surface area (TPSA) is 58.6 Å². The number of esters is 1. The zero-order chi connectivity index (χ0) is 22.8. The van der Waals surface area contributed by atoms with Crippen LogP contribution in [0.1, 0.15) is 51.0 Å². The lowest BCUT2D eigenvalue weighted by Crippen LogP contribution is -2.55. The molecule has 0 aromatic heterocycles. The van der Waals surface area contributed by atoms with Gasteiger partial charge in [0.05, 0.1) is 7.11 Å². The van der Waals surface area contributed by atoms with E-state index in [1.54, 1.807) is 0 Å². The third kappa shape index (κ3) is 4.64. The molecule has 0 spiro atoms. The van der Waals surface area contributed by atoms with E-state index in [1.807, 2.05) is 36.5 Å². The summed E-state index contributed by atoms with van der Waals surface area (Å²) in [5, 5.41) is 1.83. The van der Waals surface area contributed by atoms with Gasteiger partial charge in [-0.2, -0.15) is 13.2 Å². The molecule has 2 aliphatic rings. The van der Waals surface area contributed by atoms with Crippen LogP contribution < -0.4 is 10.2 Å². The van der Waals surface area contributed by atoms with Gasteiger partial charge in [-0.1, -0.05) is 38.0 Å². The molecule has 2 heterocycles. The molecule has 1 fully saturated rings. The number of halogens is 4. The minimum Gasteiger partial charge on any atom is -0.467 e. The van der Waals surface area contributed by atoms with Crippen molar-refractivity contribution in [3.8, 4) is 0 Å². The van der Waals surface area contributed by atoms with Crippen molar-refractivity contribution in [3.05, 3.63) is 29.8 Å². The predicted octanol–water partition coefficient (Wildman–Crippen LogP) is 4.31. The Morgan fingerprint density at radius 1 is 1.35 bits per heavy atom. The van der Waals surface area contributed by atoms with E-state index >= 15 is 0 Å². The Bertz CT molecular complexity index is 819. The number of rotatable bonds is 7. The van der Waals surface area contributed by atoms with Crippen molar-refractivity contribution >= 4 is 29.2 Å². The first-order valence-corrected chi connectivity index (χ1v) is 11.0. The van der Waals surface area contributed by atoms with Gasteiger partial charge in [0.1, 0.15) is 6.04 Å². The van der Waals surface area contributed by atoms with Crippen LogP contribution in [0, 0.1) is 0 Å². The molecule has 0 aliphatic carbocycles. The number of alkyl halides is 4. The number of piperidine rings is 1. The molecule has 0 bridgehead atoms. The van der Waals surface area contributed by atoms with Gasteiger partial charge in [-0.05, 0) is 37.3 Å². The highest BCUT2D eigenvalue weighted by molar-refractivity contribution is 6.20. The van der Waals surface area contributed by atoms with Crippen LogP contribution in [0.25, 0.3) is 0 Å². The van der Waals surface area contributed by atoms with E-state index in [1.165, 1.54) is 0 Å². The van der Waals surface area contributed by atoms with Crippen LogP contribution in [-0.2, 0) is 19.7 Å². The highest BCUT2D eigenvalue weighted by atomic mass is 35.5. The smallest absolute Gasteiger partial charge is 0.467 e. The second-order valence-electron chi connectivity index (χ2n) is 8.36. The third-order valence-electron chi connectivity index (χ3n) is 6.52. The summed E-state index contributed by atoms with van der Waals surface area (Å²) in [5.41, 5.74) is 1.39. The lowest BCUT2D eigenvalue weighted by Gasteiger charge is -2.45. The van der Waals surface area contributed by atoms with Crippen molar-refractivity contribution in [1.29, 1.82) is 0 Å². The number of carbonyl (C=O) groups excluding carboxylic acids is 2. The summed E-state index contributed by atoms with van der Waals surface area (Å²) < 4.78 is 43.6. The SMILES string of the molecule is CCCC[C@]1(CC(NC(=O)C(F)(F)F)C(=O)OC)c2ccccc2N2CC[C@H](Cl)C[C@@H]21. The number of methoxy groups -OCH3 is 1. The summed E-state index contributed by atoms with van der Waals surface area (Å²) in [6.07, 6.45) is -1.23. The first-order chi connectivity index (χ1) is 14.6. The minimum atomic E-state index is -5.09. The van der Waals surface area contributed by atoms with Crippen LogP contribution in [0.2, 0.25) is 0 Å². The van der Waals surface area contributed by atoms with Gasteiger partial charge >= 0.3 is 18.1 Å². The van der Waals surface area contributed by atoms with Gasteiger partial charge in [-0.25, -0.2) is 4.79 Å². The first kappa shape index (κ1) is 23.7. The van der Waals surface area contributed by atoms with Gasteiger partial charge in [-0.3, -0.25) is 4.79 Å². The monoisotopic (exact) mass is 460 g/mol. The van der Waals surface area contributed by atoms with Crippen molar-refractivity contribution in [2.45, 2.75) is 74.5 Å². The van der Waals surface area contributed by atoms with Crippen molar-refractivity contribution in [1.82, 2.24) is 5.32 Å². The van der Waals surface area contributed by atoms with Gasteiger partial charge in [0.25, 0.3) is 0 Å². The van der Waals surface area contributed by atoms with E-state index in [4.69, 9.17) is 16.3 Å². The highest BCUT2D eigenvalue weighted by Gasteiger charge is 2.54. The molecule has 0 saturated carbocycles. The van der Waals surface area contributed by atoms with Gasteiger partial charge in [0.2, 0.25) is 0 Å². The maximum Gasteiger partial charge on any atom is 0.471 e. The number of amides is 1. The number of para-hydroxylation sites is 1. The quantitative estimate of drug-likeness (QED) is 0.486. The number of carbonyl (C=O) groups is 2. The summed E-state index contributed by atoms with van der Waals surface area (Å²) in [6, 6.07) is 6.33. The number of unbranched alkanes of at least 4 members (excludes halogenated alkanes) is 1. The van der Waals surface area contributed by atoms with E-state index in [0.717, 1.165) is 44.2 Å². The number of nitrogens with one attached hydrogen (secondary N) is 1. The molecular formula is C22H28ClF3N2O3. The average Bonchev–Trinajstić information content (AvgIpc) is 3.00. The fourth-order valence-electron chi connectivity index (χ4n) is 5.14. The van der Waals surface area contributed by atoms with Crippen LogP contribution in [0.15, 0.2) is 24.3 Å². The second-order valence-corrected chi connectivity index (χ2v) is 8.98. The number of benzene rings is 1. The normalized spacial score (nSPS) is 26.1. The number of hydrogen-bond donors (Lipinski definition) is 1. The van der Waals surface area contributed by atoms with Crippen LogP contribution in [0.5, 0.6) is 0 Å². The Morgan fingerprint density at radius 2 is 2.06 bits per heavy atom. The Hall–Kier alpha value is -1.96. The summed E-state index contributed by atoms with van der Waals surface area (Å²) in [5.74, 6) is -3.03. The summed E-state index contributed by atoms with van der Waals surface area (Å²) in [7, 11) is 1.11. The molecule has 9 heteroatoms. The van der Waals surface area contributed by atoms with E-state index < -0.39 is 29.5 Å². The number of fused-ring (bicyclic) bond motifs is 3. The maximum atomic E-state index is 13.0. The molecule has 1 aromatic carbocycles. The summed E-state index contributed by atoms with van der Waals surface area (Å²) in [4.78, 5) is 26.4. The molecule has 1 amide bonds. The van der Waals surface area contributed by atoms with E-state index in [0.29, 0.717) is 12.8 Å². The standard InChI is InChI=1S/C22H28ClF3N2O3/c1-3-4-10-21(13-16(19(29)31-2)27-20(30)22(24,25)26)15-7-5-6-8-17(15)28-11-9-14(23)12-18(21)28/h5-8,14,16,18H,3-4,9-13H2,1-2H3,(H,27,30)/t14-,16?,18+,21-/m0/s1. The Balaban J connectivity index is 2.05. The van der Waals surface area contributed by atoms with Crippen LogP contribution in [-0.4, -0.2) is 49.2 Å². The molecule has 1 unspecified atom stereocenters. The van der Waals surface area contributed by atoms with Gasteiger partial charge in [-0.15, -0.1) is 11.6 Å².